The molecule has 2 aromatic rings. The third-order valence-electron chi connectivity index (χ3n) is 3.58. The topological polar surface area (TPSA) is 89.5 Å². The van der Waals surface area contributed by atoms with E-state index in [1.807, 2.05) is 19.9 Å². The summed E-state index contributed by atoms with van der Waals surface area (Å²) in [7, 11) is -3.38. The third-order valence-corrected chi connectivity index (χ3v) is 4.19. The van der Waals surface area contributed by atoms with E-state index in [-0.39, 0.29) is 5.78 Å². The summed E-state index contributed by atoms with van der Waals surface area (Å²) in [5.41, 5.74) is 2.94. The lowest BCUT2D eigenvalue weighted by molar-refractivity contribution is 0.0318. The number of anilines is 1. The smallest absolute Gasteiger partial charge is 0.338 e. The fourth-order valence-electron chi connectivity index (χ4n) is 2.53. The molecule has 0 saturated carbocycles. The van der Waals surface area contributed by atoms with Crippen molar-refractivity contribution in [3.63, 3.8) is 0 Å². The monoisotopic (exact) mass is 375 g/mol. The van der Waals surface area contributed by atoms with E-state index in [2.05, 4.69) is 4.72 Å². The minimum absolute atomic E-state index is 0.324. The van der Waals surface area contributed by atoms with Crippen LogP contribution in [0.3, 0.4) is 0 Å². The summed E-state index contributed by atoms with van der Waals surface area (Å²) in [6.45, 7) is 5.26. The summed E-state index contributed by atoms with van der Waals surface area (Å²) >= 11 is 0. The van der Waals surface area contributed by atoms with Crippen molar-refractivity contribution in [2.75, 3.05) is 11.0 Å². The van der Waals surface area contributed by atoms with Crippen molar-refractivity contribution >= 4 is 27.5 Å². The van der Waals surface area contributed by atoms with Gasteiger partial charge in [-0.05, 0) is 57.2 Å². The second-order valence-electron chi connectivity index (χ2n) is 6.24. The van der Waals surface area contributed by atoms with Gasteiger partial charge in [0.2, 0.25) is 15.8 Å². The van der Waals surface area contributed by atoms with Crippen LogP contribution in [0, 0.1) is 13.8 Å². The maximum Gasteiger partial charge on any atom is 0.338 e. The number of carbonyl (C=O) groups excluding carboxylic acids is 2. The van der Waals surface area contributed by atoms with Crippen LogP contribution in [0.2, 0.25) is 0 Å². The molecule has 0 heterocycles. The number of nitrogens with one attached hydrogen (secondary N) is 1. The number of Topliss-reactive ketones (excluding diaryl/α,β-unsaturated/α-hetero) is 1. The number of carbonyl (C=O) groups is 2. The number of rotatable bonds is 6. The van der Waals surface area contributed by atoms with Gasteiger partial charge in [0.15, 0.2) is 6.10 Å². The molecule has 2 aromatic carbocycles. The lowest BCUT2D eigenvalue weighted by Gasteiger charge is -2.13. The van der Waals surface area contributed by atoms with Gasteiger partial charge in [-0.1, -0.05) is 17.2 Å². The Morgan fingerprint density at radius 2 is 1.50 bits per heavy atom. The summed E-state index contributed by atoms with van der Waals surface area (Å²) in [5.74, 6) is -0.929. The highest BCUT2D eigenvalue weighted by Crippen LogP contribution is 2.15. The zero-order valence-corrected chi connectivity index (χ0v) is 15.9. The molecule has 1 atom stereocenters. The second kappa shape index (κ2) is 7.70. The Hall–Kier alpha value is -2.67. The van der Waals surface area contributed by atoms with Crippen molar-refractivity contribution in [3.05, 3.63) is 64.7 Å². The number of benzene rings is 2. The lowest BCUT2D eigenvalue weighted by Crippen LogP contribution is -2.24. The van der Waals surface area contributed by atoms with Crippen molar-refractivity contribution in [2.45, 2.75) is 26.9 Å². The number of ketones is 1. The first kappa shape index (κ1) is 19.7. The molecule has 0 amide bonds. The molecule has 1 N–H and O–H groups in total. The van der Waals surface area contributed by atoms with Gasteiger partial charge in [0.05, 0.1) is 11.8 Å². The molecule has 0 bridgehead atoms. The molecule has 0 radical (unpaired) electrons. The van der Waals surface area contributed by atoms with Crippen molar-refractivity contribution in [2.24, 2.45) is 0 Å². The highest BCUT2D eigenvalue weighted by atomic mass is 32.2. The van der Waals surface area contributed by atoms with Gasteiger partial charge < -0.3 is 4.74 Å². The van der Waals surface area contributed by atoms with Gasteiger partial charge in [0, 0.05) is 11.3 Å². The molecule has 0 aliphatic rings. The van der Waals surface area contributed by atoms with Crippen LogP contribution < -0.4 is 4.72 Å². The number of aryl methyl sites for hydroxylation is 2. The normalized spacial score (nSPS) is 12.3. The van der Waals surface area contributed by atoms with Gasteiger partial charge in [-0.3, -0.25) is 9.52 Å². The molecule has 0 saturated heterocycles. The van der Waals surface area contributed by atoms with Gasteiger partial charge in [-0.2, -0.15) is 0 Å². The predicted molar refractivity (Wildman–Crippen MR) is 100 cm³/mol. The molecule has 0 fully saturated rings. The SMILES string of the molecule is Cc1cc(C)cc(C(=O)O[C@H](C)C(=O)c2ccc(NS(C)(=O)=O)cc2)c1. The zero-order valence-electron chi connectivity index (χ0n) is 15.1. The van der Waals surface area contributed by atoms with Gasteiger partial charge >= 0.3 is 5.97 Å². The second-order valence-corrected chi connectivity index (χ2v) is 7.99. The van der Waals surface area contributed by atoms with Crippen molar-refractivity contribution < 1.29 is 22.7 Å². The van der Waals surface area contributed by atoms with Crippen molar-refractivity contribution in [3.8, 4) is 0 Å². The fraction of sp³-hybridized carbons (Fsp3) is 0.263. The number of ether oxygens (including phenoxy) is 1. The first-order valence-corrected chi connectivity index (χ1v) is 9.85. The van der Waals surface area contributed by atoms with Crippen LogP contribution in [-0.4, -0.2) is 32.5 Å². The Balaban J connectivity index is 2.08. The summed E-state index contributed by atoms with van der Waals surface area (Å²) in [6.07, 6.45) is 0.0812. The first-order chi connectivity index (χ1) is 12.0. The van der Waals surface area contributed by atoms with Crippen molar-refractivity contribution in [1.82, 2.24) is 0 Å². The van der Waals surface area contributed by atoms with E-state index >= 15 is 0 Å². The molecular weight excluding hydrogens is 354 g/mol. The molecule has 138 valence electrons. The number of hydrogen-bond acceptors (Lipinski definition) is 5. The summed E-state index contributed by atoms with van der Waals surface area (Å²) < 4.78 is 30.0. The van der Waals surface area contributed by atoms with Crippen molar-refractivity contribution in [1.29, 1.82) is 0 Å². The molecule has 0 aliphatic carbocycles. The van der Waals surface area contributed by atoms with Gasteiger partial charge in [-0.25, -0.2) is 13.2 Å². The molecule has 2 rings (SSSR count). The van der Waals surface area contributed by atoms with E-state index in [1.54, 1.807) is 12.1 Å². The Kier molecular flexibility index (Phi) is 5.82. The molecule has 6 nitrogen and oxygen atoms in total. The van der Waals surface area contributed by atoms with E-state index in [9.17, 15) is 18.0 Å². The Morgan fingerprint density at radius 1 is 0.962 bits per heavy atom. The standard InChI is InChI=1S/C19H21NO5S/c1-12-9-13(2)11-16(10-12)19(22)25-14(3)18(21)15-5-7-17(8-6-15)20-26(4,23)24/h5-11,14,20H,1-4H3/t14-/m1/s1. The third kappa shape index (κ3) is 5.42. The molecule has 0 spiro atoms. The predicted octanol–water partition coefficient (Wildman–Crippen LogP) is 3.10. The first-order valence-electron chi connectivity index (χ1n) is 7.96. The summed E-state index contributed by atoms with van der Waals surface area (Å²) in [4.78, 5) is 24.7. The summed E-state index contributed by atoms with van der Waals surface area (Å²) in [6, 6.07) is 11.3. The van der Waals surface area contributed by atoms with Crippen LogP contribution in [0.4, 0.5) is 5.69 Å². The summed E-state index contributed by atoms with van der Waals surface area (Å²) in [5, 5.41) is 0. The van der Waals surface area contributed by atoms with Gasteiger partial charge in [-0.15, -0.1) is 0 Å². The van der Waals surface area contributed by atoms with Crippen LogP contribution in [0.15, 0.2) is 42.5 Å². The maximum atomic E-state index is 12.4. The molecule has 26 heavy (non-hydrogen) atoms. The Labute approximate surface area is 153 Å². The average molecular weight is 375 g/mol. The minimum atomic E-state index is -3.38. The quantitative estimate of drug-likeness (QED) is 0.619. The molecule has 7 heteroatoms. The largest absolute Gasteiger partial charge is 0.451 e. The van der Waals surface area contributed by atoms with Crippen LogP contribution in [0.5, 0.6) is 0 Å². The van der Waals surface area contributed by atoms with E-state index in [0.717, 1.165) is 17.4 Å². The molecular formula is C19H21NO5S. The Morgan fingerprint density at radius 3 is 2.00 bits per heavy atom. The van der Waals surface area contributed by atoms with E-state index in [4.69, 9.17) is 4.74 Å². The molecule has 0 aromatic heterocycles. The molecule has 0 aliphatic heterocycles. The number of esters is 1. The minimum Gasteiger partial charge on any atom is -0.451 e. The van der Waals surface area contributed by atoms with Crippen LogP contribution in [-0.2, 0) is 14.8 Å². The van der Waals surface area contributed by atoms with Crippen LogP contribution in [0.25, 0.3) is 0 Å². The maximum absolute atomic E-state index is 12.4. The van der Waals surface area contributed by atoms with Crippen LogP contribution in [0.1, 0.15) is 38.8 Å². The highest BCUT2D eigenvalue weighted by Gasteiger charge is 2.20. The lowest BCUT2D eigenvalue weighted by atomic mass is 10.1. The fourth-order valence-corrected chi connectivity index (χ4v) is 3.09. The highest BCUT2D eigenvalue weighted by molar-refractivity contribution is 7.92. The molecule has 0 unspecified atom stereocenters. The number of hydrogen-bond donors (Lipinski definition) is 1. The average Bonchev–Trinajstić information content (AvgIpc) is 2.52. The van der Waals surface area contributed by atoms with E-state index in [0.29, 0.717) is 16.8 Å². The van der Waals surface area contributed by atoms with E-state index in [1.165, 1.54) is 31.2 Å². The van der Waals surface area contributed by atoms with E-state index < -0.39 is 22.1 Å². The zero-order chi connectivity index (χ0) is 19.5. The van der Waals surface area contributed by atoms with Gasteiger partial charge in [0.1, 0.15) is 0 Å². The Bertz CT molecular complexity index is 913. The van der Waals surface area contributed by atoms with Gasteiger partial charge in [0.25, 0.3) is 0 Å². The number of sulfonamides is 1. The van der Waals surface area contributed by atoms with Crippen LogP contribution >= 0.6 is 0 Å².